The van der Waals surface area contributed by atoms with Crippen LogP contribution in [-0.4, -0.2) is 31.6 Å². The first-order valence-electron chi connectivity index (χ1n) is 6.39. The van der Waals surface area contributed by atoms with E-state index in [4.69, 9.17) is 0 Å². The zero-order chi connectivity index (χ0) is 12.1. The molecule has 0 saturated carbocycles. The molecule has 0 spiro atoms. The molecule has 0 amide bonds. The highest BCUT2D eigenvalue weighted by Gasteiger charge is 2.21. The zero-order valence-electron chi connectivity index (χ0n) is 10.5. The maximum atomic E-state index is 12.8. The van der Waals surface area contributed by atoms with Gasteiger partial charge in [-0.1, -0.05) is 12.1 Å². The van der Waals surface area contributed by atoms with Gasteiger partial charge in [0.2, 0.25) is 0 Å². The Kier molecular flexibility index (Phi) is 4.51. The molecule has 1 unspecified atom stereocenters. The molecule has 1 aliphatic heterocycles. The van der Waals surface area contributed by atoms with E-state index in [0.29, 0.717) is 0 Å². The van der Waals surface area contributed by atoms with Crippen molar-refractivity contribution in [3.05, 3.63) is 35.6 Å². The van der Waals surface area contributed by atoms with Crippen molar-refractivity contribution in [1.29, 1.82) is 0 Å². The van der Waals surface area contributed by atoms with Gasteiger partial charge in [-0.15, -0.1) is 0 Å². The highest BCUT2D eigenvalue weighted by atomic mass is 19.1. The number of nitrogens with zero attached hydrogens (tertiary/aromatic N) is 1. The van der Waals surface area contributed by atoms with Crippen LogP contribution in [0, 0.1) is 11.7 Å². The van der Waals surface area contributed by atoms with Gasteiger partial charge in [0, 0.05) is 13.1 Å². The molecule has 1 aliphatic rings. The molecule has 1 saturated heterocycles. The Morgan fingerprint density at radius 3 is 2.82 bits per heavy atom. The summed E-state index contributed by atoms with van der Waals surface area (Å²) in [6.45, 7) is 4.41. The van der Waals surface area contributed by atoms with Gasteiger partial charge in [-0.3, -0.25) is 4.90 Å². The standard InChI is InChI=1S/C14H21FN2/c1-16-8-6-13-7-9-17(11-13)10-12-2-4-14(15)5-3-12/h2-5,13,16H,6-11H2,1H3. The van der Waals surface area contributed by atoms with E-state index in [1.54, 1.807) is 12.1 Å². The van der Waals surface area contributed by atoms with Gasteiger partial charge in [-0.2, -0.15) is 0 Å². The Morgan fingerprint density at radius 1 is 1.35 bits per heavy atom. The molecule has 1 N–H and O–H groups in total. The minimum Gasteiger partial charge on any atom is -0.320 e. The molecule has 0 radical (unpaired) electrons. The number of benzene rings is 1. The van der Waals surface area contributed by atoms with Gasteiger partial charge in [-0.05, 0) is 56.6 Å². The van der Waals surface area contributed by atoms with Crippen LogP contribution >= 0.6 is 0 Å². The number of nitrogens with one attached hydrogen (secondary N) is 1. The lowest BCUT2D eigenvalue weighted by Crippen LogP contribution is -2.21. The molecule has 1 heterocycles. The van der Waals surface area contributed by atoms with Crippen molar-refractivity contribution in [3.8, 4) is 0 Å². The average molecular weight is 236 g/mol. The first-order valence-corrected chi connectivity index (χ1v) is 6.39. The lowest BCUT2D eigenvalue weighted by Gasteiger charge is -2.16. The molecular formula is C14H21FN2. The highest BCUT2D eigenvalue weighted by molar-refractivity contribution is 5.16. The van der Waals surface area contributed by atoms with Crippen LogP contribution in [0.15, 0.2) is 24.3 Å². The Balaban J connectivity index is 1.79. The fourth-order valence-corrected chi connectivity index (χ4v) is 2.49. The molecule has 1 aromatic rings. The summed E-state index contributed by atoms with van der Waals surface area (Å²) in [5, 5.41) is 3.21. The molecule has 1 atom stereocenters. The topological polar surface area (TPSA) is 15.3 Å². The predicted molar refractivity (Wildman–Crippen MR) is 68.3 cm³/mol. The summed E-state index contributed by atoms with van der Waals surface area (Å²) in [5.41, 5.74) is 1.21. The summed E-state index contributed by atoms with van der Waals surface area (Å²) in [7, 11) is 2.01. The number of likely N-dealkylation sites (tertiary alicyclic amines) is 1. The molecule has 2 nitrogen and oxygen atoms in total. The molecular weight excluding hydrogens is 215 g/mol. The van der Waals surface area contributed by atoms with Crippen molar-refractivity contribution in [3.63, 3.8) is 0 Å². The van der Waals surface area contributed by atoms with Gasteiger partial charge >= 0.3 is 0 Å². The molecule has 17 heavy (non-hydrogen) atoms. The molecule has 0 bridgehead atoms. The minimum absolute atomic E-state index is 0.151. The summed E-state index contributed by atoms with van der Waals surface area (Å²) in [4.78, 5) is 2.47. The molecule has 1 fully saturated rings. The van der Waals surface area contributed by atoms with Crippen LogP contribution in [0.5, 0.6) is 0 Å². The van der Waals surface area contributed by atoms with Gasteiger partial charge in [-0.25, -0.2) is 4.39 Å². The number of halogens is 1. The molecule has 0 aromatic heterocycles. The molecule has 1 aromatic carbocycles. The third kappa shape index (κ3) is 3.79. The van der Waals surface area contributed by atoms with Crippen molar-refractivity contribution in [1.82, 2.24) is 10.2 Å². The number of rotatable bonds is 5. The second kappa shape index (κ2) is 6.12. The van der Waals surface area contributed by atoms with Crippen molar-refractivity contribution in [2.45, 2.75) is 19.4 Å². The van der Waals surface area contributed by atoms with E-state index < -0.39 is 0 Å². The number of hydrogen-bond donors (Lipinski definition) is 1. The van der Waals surface area contributed by atoms with Crippen molar-refractivity contribution >= 4 is 0 Å². The first-order chi connectivity index (χ1) is 8.28. The Hall–Kier alpha value is -0.930. The number of hydrogen-bond acceptors (Lipinski definition) is 2. The summed E-state index contributed by atoms with van der Waals surface area (Å²) in [6, 6.07) is 6.86. The Labute approximate surface area is 103 Å². The normalized spacial score (nSPS) is 20.9. The molecule has 94 valence electrons. The van der Waals surface area contributed by atoms with Crippen molar-refractivity contribution in [2.75, 3.05) is 26.7 Å². The van der Waals surface area contributed by atoms with Crippen LogP contribution in [0.25, 0.3) is 0 Å². The van der Waals surface area contributed by atoms with Crippen LogP contribution in [0.1, 0.15) is 18.4 Å². The highest BCUT2D eigenvalue weighted by Crippen LogP contribution is 2.21. The monoisotopic (exact) mass is 236 g/mol. The Bertz CT molecular complexity index is 337. The van der Waals surface area contributed by atoms with E-state index in [2.05, 4.69) is 10.2 Å². The van der Waals surface area contributed by atoms with Crippen LogP contribution in [0.2, 0.25) is 0 Å². The minimum atomic E-state index is -0.151. The van der Waals surface area contributed by atoms with E-state index in [1.165, 1.54) is 31.5 Å². The quantitative estimate of drug-likeness (QED) is 0.843. The van der Waals surface area contributed by atoms with E-state index in [-0.39, 0.29) is 5.82 Å². The zero-order valence-corrected chi connectivity index (χ0v) is 10.5. The van der Waals surface area contributed by atoms with E-state index in [1.807, 2.05) is 19.2 Å². The smallest absolute Gasteiger partial charge is 0.123 e. The third-order valence-electron chi connectivity index (χ3n) is 3.49. The summed E-state index contributed by atoms with van der Waals surface area (Å²) < 4.78 is 12.8. The molecule has 2 rings (SSSR count). The van der Waals surface area contributed by atoms with Crippen LogP contribution < -0.4 is 5.32 Å². The van der Waals surface area contributed by atoms with Gasteiger partial charge in [0.1, 0.15) is 5.82 Å². The molecule has 0 aliphatic carbocycles. The van der Waals surface area contributed by atoms with Gasteiger partial charge in [0.05, 0.1) is 0 Å². The summed E-state index contributed by atoms with van der Waals surface area (Å²) in [5.74, 6) is 0.671. The van der Waals surface area contributed by atoms with Crippen molar-refractivity contribution < 1.29 is 4.39 Å². The largest absolute Gasteiger partial charge is 0.320 e. The summed E-state index contributed by atoms with van der Waals surface area (Å²) in [6.07, 6.45) is 2.55. The second-order valence-electron chi connectivity index (χ2n) is 4.91. The SMILES string of the molecule is CNCCC1CCN(Cc2ccc(F)cc2)C1. The van der Waals surface area contributed by atoms with Crippen LogP contribution in [0.4, 0.5) is 4.39 Å². The summed E-state index contributed by atoms with van der Waals surface area (Å²) >= 11 is 0. The third-order valence-corrected chi connectivity index (χ3v) is 3.49. The van der Waals surface area contributed by atoms with Gasteiger partial charge < -0.3 is 5.32 Å². The predicted octanol–water partition coefficient (Wildman–Crippen LogP) is 2.26. The average Bonchev–Trinajstić information content (AvgIpc) is 2.77. The maximum Gasteiger partial charge on any atom is 0.123 e. The van der Waals surface area contributed by atoms with Gasteiger partial charge in [0.25, 0.3) is 0 Å². The molecule has 3 heteroatoms. The first kappa shape index (κ1) is 12.5. The van der Waals surface area contributed by atoms with Gasteiger partial charge in [0.15, 0.2) is 0 Å². The second-order valence-corrected chi connectivity index (χ2v) is 4.91. The fraction of sp³-hybridized carbons (Fsp3) is 0.571. The van der Waals surface area contributed by atoms with Crippen molar-refractivity contribution in [2.24, 2.45) is 5.92 Å². The lowest BCUT2D eigenvalue weighted by molar-refractivity contribution is 0.313. The lowest BCUT2D eigenvalue weighted by atomic mass is 10.1. The fourth-order valence-electron chi connectivity index (χ4n) is 2.49. The van der Waals surface area contributed by atoms with Crippen LogP contribution in [-0.2, 0) is 6.54 Å². The maximum absolute atomic E-state index is 12.8. The van der Waals surface area contributed by atoms with E-state index in [0.717, 1.165) is 19.0 Å². The Morgan fingerprint density at radius 2 is 2.12 bits per heavy atom. The van der Waals surface area contributed by atoms with Crippen LogP contribution in [0.3, 0.4) is 0 Å². The van der Waals surface area contributed by atoms with E-state index in [9.17, 15) is 4.39 Å². The van der Waals surface area contributed by atoms with E-state index >= 15 is 0 Å².